The molecule has 0 fully saturated rings. The molecule has 3 heteroatoms. The molecule has 0 radical (unpaired) electrons. The second-order valence-electron chi connectivity index (χ2n) is 4.42. The van der Waals surface area contributed by atoms with E-state index in [0.29, 0.717) is 5.75 Å². The summed E-state index contributed by atoms with van der Waals surface area (Å²) in [5.74, 6) is 1.26. The van der Waals surface area contributed by atoms with Crippen LogP contribution in [0.25, 0.3) is 0 Å². The molecule has 0 aromatic heterocycles. The first-order valence-corrected chi connectivity index (χ1v) is 8.71. The van der Waals surface area contributed by atoms with Gasteiger partial charge in [0.1, 0.15) is 0 Å². The normalized spacial score (nSPS) is 12.3. The summed E-state index contributed by atoms with van der Waals surface area (Å²) in [6.45, 7) is 2.15. The van der Waals surface area contributed by atoms with E-state index in [2.05, 4.69) is 60.3 Å². The van der Waals surface area contributed by atoms with Gasteiger partial charge in [0.05, 0.1) is 12.9 Å². The fourth-order valence-electron chi connectivity index (χ4n) is 1.46. The first kappa shape index (κ1) is 19.8. The van der Waals surface area contributed by atoms with Crippen molar-refractivity contribution in [2.45, 2.75) is 39.0 Å². The summed E-state index contributed by atoms with van der Waals surface area (Å²) in [6.07, 6.45) is 22.6. The van der Waals surface area contributed by atoms with Crippen LogP contribution in [0.1, 0.15) is 39.0 Å². The Hall–Kier alpha value is -1.22. The Labute approximate surface area is 134 Å². The Bertz CT molecular complexity index is 354. The number of ether oxygens (including phenoxy) is 1. The van der Waals surface area contributed by atoms with Gasteiger partial charge in [-0.1, -0.05) is 55.5 Å². The second kappa shape index (κ2) is 16.8. The molecule has 2 nitrogen and oxygen atoms in total. The van der Waals surface area contributed by atoms with E-state index in [1.54, 1.807) is 11.8 Å². The molecule has 0 bridgehead atoms. The molecule has 0 saturated carbocycles. The van der Waals surface area contributed by atoms with Crippen molar-refractivity contribution in [3.63, 3.8) is 0 Å². The molecule has 0 aromatic carbocycles. The van der Waals surface area contributed by atoms with Crippen molar-refractivity contribution in [1.29, 1.82) is 0 Å². The number of allylic oxidation sites excluding steroid dienone is 8. The number of carbonyl (C=O) groups excluding carboxylic acids is 1. The molecule has 118 valence electrons. The second-order valence-corrected chi connectivity index (χ2v) is 5.52. The van der Waals surface area contributed by atoms with Crippen LogP contribution in [0.15, 0.2) is 48.6 Å². The van der Waals surface area contributed by atoms with Crippen LogP contribution in [0, 0.1) is 0 Å². The number of hydrogen-bond acceptors (Lipinski definition) is 3. The van der Waals surface area contributed by atoms with Crippen LogP contribution >= 0.6 is 11.8 Å². The zero-order valence-corrected chi connectivity index (χ0v) is 14.1. The zero-order valence-electron chi connectivity index (χ0n) is 13.3. The predicted octanol–water partition coefficient (Wildman–Crippen LogP) is 5.09. The van der Waals surface area contributed by atoms with Crippen LogP contribution in [0.4, 0.5) is 0 Å². The maximum absolute atomic E-state index is 10.9. The minimum Gasteiger partial charge on any atom is -0.468 e. The minimum atomic E-state index is -0.148. The standard InChI is InChI=1S/C18H28O2S/c1-3-4-5-6-7-8-9-10-11-12-13-14-15-16-21-17-18(19)20-2/h4-5,7-8,10-11,13-14H,3,6,9,12,15-17H2,1-2H3/b5-4-,8-7-,11-10-,14-13-. The van der Waals surface area contributed by atoms with E-state index in [9.17, 15) is 4.79 Å². The highest BCUT2D eigenvalue weighted by Crippen LogP contribution is 2.04. The van der Waals surface area contributed by atoms with Gasteiger partial charge in [-0.05, 0) is 37.9 Å². The third kappa shape index (κ3) is 16.7. The van der Waals surface area contributed by atoms with E-state index in [1.807, 2.05) is 0 Å². The molecular formula is C18H28O2S. The molecule has 0 atom stereocenters. The van der Waals surface area contributed by atoms with Crippen molar-refractivity contribution in [3.05, 3.63) is 48.6 Å². The molecule has 0 aliphatic rings. The molecule has 0 spiro atoms. The Kier molecular flexibility index (Phi) is 15.9. The van der Waals surface area contributed by atoms with Gasteiger partial charge in [-0.15, -0.1) is 11.8 Å². The maximum Gasteiger partial charge on any atom is 0.315 e. The van der Waals surface area contributed by atoms with Crippen LogP contribution in [0.2, 0.25) is 0 Å². The topological polar surface area (TPSA) is 26.3 Å². The lowest BCUT2D eigenvalue weighted by Gasteiger charge is -1.96. The first-order chi connectivity index (χ1) is 10.3. The Morgan fingerprint density at radius 2 is 1.43 bits per heavy atom. The highest BCUT2D eigenvalue weighted by molar-refractivity contribution is 7.99. The maximum atomic E-state index is 10.9. The van der Waals surface area contributed by atoms with Crippen LogP contribution in [0.5, 0.6) is 0 Å². The molecule has 0 heterocycles. The molecule has 0 unspecified atom stereocenters. The molecule has 0 saturated heterocycles. The average molecular weight is 308 g/mol. The van der Waals surface area contributed by atoms with E-state index < -0.39 is 0 Å². The molecule has 0 aliphatic heterocycles. The van der Waals surface area contributed by atoms with E-state index in [4.69, 9.17) is 0 Å². The highest BCUT2D eigenvalue weighted by atomic mass is 32.2. The Morgan fingerprint density at radius 3 is 1.95 bits per heavy atom. The molecule has 0 rings (SSSR count). The van der Waals surface area contributed by atoms with Crippen molar-refractivity contribution >= 4 is 17.7 Å². The van der Waals surface area contributed by atoms with Crippen molar-refractivity contribution < 1.29 is 9.53 Å². The number of carbonyl (C=O) groups is 1. The Balaban J connectivity index is 3.40. The van der Waals surface area contributed by atoms with Crippen molar-refractivity contribution in [2.75, 3.05) is 18.6 Å². The van der Waals surface area contributed by atoms with Gasteiger partial charge in [0.25, 0.3) is 0 Å². The number of hydrogen-bond donors (Lipinski definition) is 0. The van der Waals surface area contributed by atoms with Gasteiger partial charge >= 0.3 is 5.97 Å². The van der Waals surface area contributed by atoms with Crippen molar-refractivity contribution in [3.8, 4) is 0 Å². The SMILES string of the molecule is CC/C=C\C/C=C\C/C=C\C/C=C\CCSCC(=O)OC. The molecule has 0 N–H and O–H groups in total. The van der Waals surface area contributed by atoms with Crippen LogP contribution in [-0.2, 0) is 9.53 Å². The van der Waals surface area contributed by atoms with Gasteiger partial charge in [-0.2, -0.15) is 0 Å². The summed E-state index contributed by atoms with van der Waals surface area (Å²) in [4.78, 5) is 10.9. The van der Waals surface area contributed by atoms with Gasteiger partial charge in [0, 0.05) is 0 Å². The quantitative estimate of drug-likeness (QED) is 0.285. The summed E-state index contributed by atoms with van der Waals surface area (Å²) in [6, 6.07) is 0. The number of thioether (sulfide) groups is 1. The van der Waals surface area contributed by atoms with Crippen LogP contribution in [-0.4, -0.2) is 24.6 Å². The smallest absolute Gasteiger partial charge is 0.315 e. The third-order valence-electron chi connectivity index (χ3n) is 2.60. The minimum absolute atomic E-state index is 0.148. The number of esters is 1. The van der Waals surface area contributed by atoms with Gasteiger partial charge in [0.2, 0.25) is 0 Å². The highest BCUT2D eigenvalue weighted by Gasteiger charge is 1.97. The predicted molar refractivity (Wildman–Crippen MR) is 94.7 cm³/mol. The fraction of sp³-hybridized carbons (Fsp3) is 0.500. The molecule has 0 aliphatic carbocycles. The lowest BCUT2D eigenvalue weighted by Crippen LogP contribution is -2.03. The third-order valence-corrected chi connectivity index (χ3v) is 3.56. The van der Waals surface area contributed by atoms with Gasteiger partial charge < -0.3 is 4.74 Å². The summed E-state index contributed by atoms with van der Waals surface area (Å²) in [5.41, 5.74) is 0. The van der Waals surface area contributed by atoms with Crippen LogP contribution < -0.4 is 0 Å². The molecule has 21 heavy (non-hydrogen) atoms. The van der Waals surface area contributed by atoms with Crippen molar-refractivity contribution in [1.82, 2.24) is 0 Å². The van der Waals surface area contributed by atoms with E-state index in [1.165, 1.54) is 7.11 Å². The van der Waals surface area contributed by atoms with E-state index in [0.717, 1.165) is 37.9 Å². The molecule has 0 amide bonds. The summed E-state index contributed by atoms with van der Waals surface area (Å²) < 4.78 is 4.57. The molecule has 0 aromatic rings. The zero-order chi connectivity index (χ0) is 15.6. The van der Waals surface area contributed by atoms with Crippen LogP contribution in [0.3, 0.4) is 0 Å². The number of methoxy groups -OCH3 is 1. The lowest BCUT2D eigenvalue weighted by molar-refractivity contribution is -0.137. The fourth-order valence-corrected chi connectivity index (χ4v) is 2.19. The largest absolute Gasteiger partial charge is 0.468 e. The first-order valence-electron chi connectivity index (χ1n) is 7.55. The average Bonchev–Trinajstić information content (AvgIpc) is 2.50. The van der Waals surface area contributed by atoms with Gasteiger partial charge in [-0.3, -0.25) is 4.79 Å². The Morgan fingerprint density at radius 1 is 0.905 bits per heavy atom. The monoisotopic (exact) mass is 308 g/mol. The molecular weight excluding hydrogens is 280 g/mol. The van der Waals surface area contributed by atoms with Crippen molar-refractivity contribution in [2.24, 2.45) is 0 Å². The summed E-state index contributed by atoms with van der Waals surface area (Å²) >= 11 is 1.61. The van der Waals surface area contributed by atoms with Gasteiger partial charge in [0.15, 0.2) is 0 Å². The van der Waals surface area contributed by atoms with E-state index >= 15 is 0 Å². The van der Waals surface area contributed by atoms with Gasteiger partial charge in [-0.25, -0.2) is 0 Å². The summed E-state index contributed by atoms with van der Waals surface area (Å²) in [7, 11) is 1.42. The van der Waals surface area contributed by atoms with E-state index in [-0.39, 0.29) is 5.97 Å². The lowest BCUT2D eigenvalue weighted by atomic mass is 10.2. The number of rotatable bonds is 12. The summed E-state index contributed by atoms with van der Waals surface area (Å²) in [5, 5.41) is 0.